The summed E-state index contributed by atoms with van der Waals surface area (Å²) in [6.07, 6.45) is 1.55. The van der Waals surface area contributed by atoms with E-state index < -0.39 is 0 Å². The van der Waals surface area contributed by atoms with Crippen molar-refractivity contribution < 1.29 is 9.59 Å². The van der Waals surface area contributed by atoms with Gasteiger partial charge in [0.2, 0.25) is 0 Å². The van der Waals surface area contributed by atoms with Crippen LogP contribution in [0.4, 0.5) is 5.69 Å². The van der Waals surface area contributed by atoms with Crippen LogP contribution in [-0.4, -0.2) is 16.7 Å². The van der Waals surface area contributed by atoms with E-state index in [1.807, 2.05) is 0 Å². The van der Waals surface area contributed by atoms with Gasteiger partial charge < -0.3 is 5.32 Å². The molecule has 96 valence electrons. The molecule has 1 N–H and O–H groups in total. The molecule has 0 spiro atoms. The maximum absolute atomic E-state index is 12.0. The molecule has 0 fully saturated rings. The van der Waals surface area contributed by atoms with Gasteiger partial charge in [-0.3, -0.25) is 9.59 Å². The van der Waals surface area contributed by atoms with Gasteiger partial charge in [0, 0.05) is 21.9 Å². The maximum atomic E-state index is 12.0. The van der Waals surface area contributed by atoms with Crippen LogP contribution in [0, 0.1) is 0 Å². The van der Waals surface area contributed by atoms with Gasteiger partial charge in [0.25, 0.3) is 5.91 Å². The Labute approximate surface area is 119 Å². The fraction of sp³-hybridized carbons (Fsp3) is 0.0714. The number of ketones is 1. The average Bonchev–Trinajstić information content (AvgIpc) is 2.39. The zero-order chi connectivity index (χ0) is 13.8. The first-order valence-corrected chi connectivity index (χ1v) is 6.40. The number of halogens is 1. The molecular formula is C14H11BrN2O2. The lowest BCUT2D eigenvalue weighted by molar-refractivity contribution is 0.100. The van der Waals surface area contributed by atoms with E-state index in [1.165, 1.54) is 6.92 Å². The van der Waals surface area contributed by atoms with Crippen LogP contribution < -0.4 is 5.32 Å². The second-order valence-corrected chi connectivity index (χ2v) is 4.78. The number of hydrogen-bond donors (Lipinski definition) is 1. The summed E-state index contributed by atoms with van der Waals surface area (Å²) in [5.74, 6) is -0.372. The number of aromatic nitrogens is 1. The molecule has 0 saturated carbocycles. The standard InChI is InChI=1S/C14H11BrN2O2/c1-9(18)10-4-2-5-11(8-10)17-14(19)13-12(15)6-3-7-16-13/h2-8H,1H3,(H,17,19). The number of benzene rings is 1. The highest BCUT2D eigenvalue weighted by Crippen LogP contribution is 2.16. The topological polar surface area (TPSA) is 59.1 Å². The van der Waals surface area contributed by atoms with Crippen molar-refractivity contribution >= 4 is 33.3 Å². The Bertz CT molecular complexity index is 641. The minimum atomic E-state index is -0.326. The van der Waals surface area contributed by atoms with Crippen LogP contribution in [0.2, 0.25) is 0 Å². The van der Waals surface area contributed by atoms with Gasteiger partial charge in [-0.25, -0.2) is 4.98 Å². The summed E-state index contributed by atoms with van der Waals surface area (Å²) in [7, 11) is 0. The number of rotatable bonds is 3. The zero-order valence-corrected chi connectivity index (χ0v) is 11.8. The van der Waals surface area contributed by atoms with Crippen LogP contribution in [0.15, 0.2) is 47.1 Å². The Morgan fingerprint density at radius 1 is 1.21 bits per heavy atom. The lowest BCUT2D eigenvalue weighted by Gasteiger charge is -2.06. The Balaban J connectivity index is 2.22. The number of carbonyl (C=O) groups excluding carboxylic acids is 2. The molecule has 0 aliphatic rings. The van der Waals surface area contributed by atoms with E-state index in [9.17, 15) is 9.59 Å². The third kappa shape index (κ3) is 3.26. The third-order valence-corrected chi connectivity index (χ3v) is 3.14. The van der Waals surface area contributed by atoms with Crippen molar-refractivity contribution in [1.82, 2.24) is 4.98 Å². The molecule has 2 aromatic rings. The summed E-state index contributed by atoms with van der Waals surface area (Å²) in [6.45, 7) is 1.48. The van der Waals surface area contributed by atoms with Gasteiger partial charge in [-0.1, -0.05) is 12.1 Å². The number of nitrogens with one attached hydrogen (secondary N) is 1. The molecule has 0 saturated heterocycles. The highest BCUT2D eigenvalue weighted by Gasteiger charge is 2.11. The molecule has 1 amide bonds. The summed E-state index contributed by atoms with van der Waals surface area (Å²) < 4.78 is 0.621. The average molecular weight is 319 g/mol. The van der Waals surface area contributed by atoms with Crippen molar-refractivity contribution in [2.75, 3.05) is 5.32 Å². The molecule has 2 rings (SSSR count). The summed E-state index contributed by atoms with van der Waals surface area (Å²) in [6, 6.07) is 10.3. The van der Waals surface area contributed by atoms with Gasteiger partial charge in [0.15, 0.2) is 5.78 Å². The number of pyridine rings is 1. The first-order chi connectivity index (χ1) is 9.08. The molecule has 5 heteroatoms. The lowest BCUT2D eigenvalue weighted by atomic mass is 10.1. The van der Waals surface area contributed by atoms with E-state index >= 15 is 0 Å². The highest BCUT2D eigenvalue weighted by molar-refractivity contribution is 9.10. The zero-order valence-electron chi connectivity index (χ0n) is 10.2. The van der Waals surface area contributed by atoms with E-state index in [-0.39, 0.29) is 11.7 Å². The molecule has 0 aliphatic carbocycles. The van der Waals surface area contributed by atoms with Crippen molar-refractivity contribution in [1.29, 1.82) is 0 Å². The maximum Gasteiger partial charge on any atom is 0.275 e. The summed E-state index contributed by atoms with van der Waals surface area (Å²) in [5.41, 5.74) is 1.42. The monoisotopic (exact) mass is 318 g/mol. The van der Waals surface area contributed by atoms with Crippen LogP contribution in [0.1, 0.15) is 27.8 Å². The van der Waals surface area contributed by atoms with Crippen LogP contribution in [-0.2, 0) is 0 Å². The predicted octanol–water partition coefficient (Wildman–Crippen LogP) is 3.30. The van der Waals surface area contributed by atoms with Crippen molar-refractivity contribution in [3.8, 4) is 0 Å². The molecule has 19 heavy (non-hydrogen) atoms. The first kappa shape index (κ1) is 13.4. The Morgan fingerprint density at radius 3 is 2.68 bits per heavy atom. The molecule has 1 aromatic heterocycles. The number of nitrogens with zero attached hydrogens (tertiary/aromatic N) is 1. The molecule has 0 atom stereocenters. The number of carbonyl (C=O) groups is 2. The largest absolute Gasteiger partial charge is 0.321 e. The number of amides is 1. The normalized spacial score (nSPS) is 10.0. The Hall–Kier alpha value is -2.01. The number of Topliss-reactive ketones (excluding diaryl/α,β-unsaturated/α-hetero) is 1. The SMILES string of the molecule is CC(=O)c1cccc(NC(=O)c2ncccc2Br)c1. The fourth-order valence-corrected chi connectivity index (χ4v) is 1.99. The molecule has 0 bridgehead atoms. The van der Waals surface area contributed by atoms with E-state index in [2.05, 4.69) is 26.2 Å². The second kappa shape index (κ2) is 5.75. The van der Waals surface area contributed by atoms with E-state index in [4.69, 9.17) is 0 Å². The van der Waals surface area contributed by atoms with Gasteiger partial charge in [-0.2, -0.15) is 0 Å². The minimum Gasteiger partial charge on any atom is -0.321 e. The lowest BCUT2D eigenvalue weighted by Crippen LogP contribution is -2.14. The fourth-order valence-electron chi connectivity index (χ4n) is 1.56. The van der Waals surface area contributed by atoms with Gasteiger partial charge in [-0.05, 0) is 47.1 Å². The quantitative estimate of drug-likeness (QED) is 0.883. The van der Waals surface area contributed by atoms with Gasteiger partial charge in [0.05, 0.1) is 0 Å². The van der Waals surface area contributed by atoms with E-state index in [0.717, 1.165) is 0 Å². The summed E-state index contributed by atoms with van der Waals surface area (Å²) >= 11 is 3.27. The number of anilines is 1. The van der Waals surface area contributed by atoms with Crippen molar-refractivity contribution in [2.45, 2.75) is 6.92 Å². The molecular weight excluding hydrogens is 308 g/mol. The van der Waals surface area contributed by atoms with Crippen LogP contribution >= 0.6 is 15.9 Å². The Morgan fingerprint density at radius 2 is 2.00 bits per heavy atom. The van der Waals surface area contributed by atoms with Gasteiger partial charge in [0.1, 0.15) is 5.69 Å². The van der Waals surface area contributed by atoms with Crippen LogP contribution in [0.5, 0.6) is 0 Å². The van der Waals surface area contributed by atoms with Crippen molar-refractivity contribution in [3.05, 3.63) is 58.3 Å². The smallest absolute Gasteiger partial charge is 0.275 e. The van der Waals surface area contributed by atoms with Gasteiger partial charge >= 0.3 is 0 Å². The van der Waals surface area contributed by atoms with E-state index in [0.29, 0.717) is 21.4 Å². The van der Waals surface area contributed by atoms with E-state index in [1.54, 1.807) is 42.6 Å². The molecule has 0 aliphatic heterocycles. The Kier molecular flexibility index (Phi) is 4.06. The molecule has 4 nitrogen and oxygen atoms in total. The molecule has 0 unspecified atom stereocenters. The van der Waals surface area contributed by atoms with Crippen LogP contribution in [0.3, 0.4) is 0 Å². The van der Waals surface area contributed by atoms with Crippen molar-refractivity contribution in [2.24, 2.45) is 0 Å². The van der Waals surface area contributed by atoms with Crippen molar-refractivity contribution in [3.63, 3.8) is 0 Å². The second-order valence-electron chi connectivity index (χ2n) is 3.92. The molecule has 1 heterocycles. The summed E-state index contributed by atoms with van der Waals surface area (Å²) in [4.78, 5) is 27.3. The first-order valence-electron chi connectivity index (χ1n) is 5.61. The number of hydrogen-bond acceptors (Lipinski definition) is 3. The molecule has 0 radical (unpaired) electrons. The highest BCUT2D eigenvalue weighted by atomic mass is 79.9. The van der Waals surface area contributed by atoms with Gasteiger partial charge in [-0.15, -0.1) is 0 Å². The predicted molar refractivity (Wildman–Crippen MR) is 76.3 cm³/mol. The van der Waals surface area contributed by atoms with Crippen LogP contribution in [0.25, 0.3) is 0 Å². The third-order valence-electron chi connectivity index (χ3n) is 2.50. The molecule has 1 aromatic carbocycles. The summed E-state index contributed by atoms with van der Waals surface area (Å²) in [5, 5.41) is 2.71. The minimum absolute atomic E-state index is 0.0462.